The van der Waals surface area contributed by atoms with E-state index >= 15 is 0 Å². The number of rotatable bonds is 4. The molecule has 0 N–H and O–H groups in total. The van der Waals surface area contributed by atoms with Gasteiger partial charge in [-0.25, -0.2) is 0 Å². The van der Waals surface area contributed by atoms with E-state index in [1.165, 1.54) is 0 Å². The van der Waals surface area contributed by atoms with Crippen molar-refractivity contribution >= 4 is 5.78 Å². The first-order valence-corrected chi connectivity index (χ1v) is 6.89. The molecule has 4 nitrogen and oxygen atoms in total. The standard InChI is InChI=1S/C17H16N2O2/c1-21-14-9-5-8-13(10-14)17(20)16-15(11-18-19-16)12-6-3-2-4-7-12/h2-10,15-16H,11H2,1H3/t15-,16-/m1/s1. The van der Waals surface area contributed by atoms with Gasteiger partial charge >= 0.3 is 0 Å². The minimum absolute atomic E-state index is 0.0102. The van der Waals surface area contributed by atoms with Gasteiger partial charge in [-0.3, -0.25) is 4.79 Å². The van der Waals surface area contributed by atoms with E-state index in [4.69, 9.17) is 4.74 Å². The molecular weight excluding hydrogens is 264 g/mol. The lowest BCUT2D eigenvalue weighted by Gasteiger charge is -2.16. The summed E-state index contributed by atoms with van der Waals surface area (Å²) in [6.45, 7) is 0.560. The molecule has 1 aliphatic heterocycles. The number of ether oxygens (including phenoxy) is 1. The van der Waals surface area contributed by atoms with Crippen LogP contribution in [0, 0.1) is 0 Å². The quantitative estimate of drug-likeness (QED) is 0.805. The molecule has 3 rings (SSSR count). The van der Waals surface area contributed by atoms with Gasteiger partial charge in [-0.05, 0) is 17.7 Å². The van der Waals surface area contributed by atoms with E-state index in [-0.39, 0.29) is 11.7 Å². The number of methoxy groups -OCH3 is 1. The van der Waals surface area contributed by atoms with E-state index in [1.54, 1.807) is 19.2 Å². The van der Waals surface area contributed by atoms with Crippen molar-refractivity contribution < 1.29 is 9.53 Å². The van der Waals surface area contributed by atoms with Crippen molar-refractivity contribution in [3.63, 3.8) is 0 Å². The monoisotopic (exact) mass is 280 g/mol. The van der Waals surface area contributed by atoms with Gasteiger partial charge in [0.2, 0.25) is 0 Å². The summed E-state index contributed by atoms with van der Waals surface area (Å²) in [6.07, 6.45) is 0. The Morgan fingerprint density at radius 3 is 2.71 bits per heavy atom. The Hall–Kier alpha value is -2.49. The van der Waals surface area contributed by atoms with Crippen LogP contribution < -0.4 is 4.74 Å². The molecule has 0 fully saturated rings. The molecule has 2 atom stereocenters. The van der Waals surface area contributed by atoms with Crippen LogP contribution in [0.5, 0.6) is 5.75 Å². The number of carbonyl (C=O) groups is 1. The topological polar surface area (TPSA) is 51.0 Å². The molecule has 0 amide bonds. The number of benzene rings is 2. The lowest BCUT2D eigenvalue weighted by molar-refractivity contribution is 0.0955. The summed E-state index contributed by atoms with van der Waals surface area (Å²) in [4.78, 5) is 12.7. The van der Waals surface area contributed by atoms with Gasteiger partial charge in [-0.1, -0.05) is 42.5 Å². The highest BCUT2D eigenvalue weighted by Gasteiger charge is 2.33. The van der Waals surface area contributed by atoms with Gasteiger partial charge in [0.1, 0.15) is 11.8 Å². The summed E-state index contributed by atoms with van der Waals surface area (Å²) in [5.74, 6) is 0.681. The summed E-state index contributed by atoms with van der Waals surface area (Å²) < 4.78 is 5.17. The minimum Gasteiger partial charge on any atom is -0.497 e. The molecule has 1 aliphatic rings. The largest absolute Gasteiger partial charge is 0.497 e. The zero-order chi connectivity index (χ0) is 14.7. The molecule has 0 aromatic heterocycles. The van der Waals surface area contributed by atoms with Crippen LogP contribution in [0.25, 0.3) is 0 Å². The Balaban J connectivity index is 1.88. The molecule has 21 heavy (non-hydrogen) atoms. The number of Topliss-reactive ketones (excluding diaryl/α,β-unsaturated/α-hetero) is 1. The normalized spacial score (nSPS) is 20.4. The summed E-state index contributed by atoms with van der Waals surface area (Å²) in [5.41, 5.74) is 1.71. The third kappa shape index (κ3) is 2.70. The maximum Gasteiger partial charge on any atom is 0.190 e. The molecule has 0 saturated carbocycles. The van der Waals surface area contributed by atoms with Crippen molar-refractivity contribution in [3.05, 3.63) is 65.7 Å². The second-order valence-electron chi connectivity index (χ2n) is 5.00. The van der Waals surface area contributed by atoms with Crippen molar-refractivity contribution in [2.45, 2.75) is 12.0 Å². The van der Waals surface area contributed by atoms with Crippen molar-refractivity contribution in [2.24, 2.45) is 10.2 Å². The molecule has 2 aromatic rings. The van der Waals surface area contributed by atoms with Gasteiger partial charge in [-0.2, -0.15) is 10.2 Å². The van der Waals surface area contributed by atoms with Crippen LogP contribution in [-0.4, -0.2) is 25.5 Å². The molecule has 0 saturated heterocycles. The molecule has 0 bridgehead atoms. The molecule has 0 spiro atoms. The average Bonchev–Trinajstić information content (AvgIpc) is 3.04. The Bertz CT molecular complexity index is 668. The molecular formula is C17H16N2O2. The highest BCUT2D eigenvalue weighted by Crippen LogP contribution is 2.30. The fraction of sp³-hybridized carbons (Fsp3) is 0.235. The first-order valence-electron chi connectivity index (χ1n) is 6.89. The van der Waals surface area contributed by atoms with Crippen LogP contribution in [0.2, 0.25) is 0 Å². The predicted molar refractivity (Wildman–Crippen MR) is 80.0 cm³/mol. The molecule has 0 aliphatic carbocycles. The van der Waals surface area contributed by atoms with Crippen molar-refractivity contribution in [1.82, 2.24) is 0 Å². The molecule has 106 valence electrons. The fourth-order valence-corrected chi connectivity index (χ4v) is 2.57. The SMILES string of the molecule is COc1cccc(C(=O)[C@@H]2N=NC[C@@H]2c2ccccc2)c1. The Kier molecular flexibility index (Phi) is 3.77. The lowest BCUT2D eigenvalue weighted by Crippen LogP contribution is -2.24. The number of hydrogen-bond donors (Lipinski definition) is 0. The average molecular weight is 280 g/mol. The minimum atomic E-state index is -0.445. The summed E-state index contributed by atoms with van der Waals surface area (Å²) in [7, 11) is 1.59. The highest BCUT2D eigenvalue weighted by molar-refractivity contribution is 6.01. The van der Waals surface area contributed by atoms with E-state index in [2.05, 4.69) is 10.2 Å². The van der Waals surface area contributed by atoms with Crippen LogP contribution in [0.3, 0.4) is 0 Å². The Morgan fingerprint density at radius 1 is 1.14 bits per heavy atom. The van der Waals surface area contributed by atoms with Gasteiger partial charge in [0.25, 0.3) is 0 Å². The molecule has 4 heteroatoms. The van der Waals surface area contributed by atoms with Gasteiger partial charge in [-0.15, -0.1) is 0 Å². The van der Waals surface area contributed by atoms with E-state index in [0.29, 0.717) is 17.9 Å². The number of carbonyl (C=O) groups excluding carboxylic acids is 1. The summed E-state index contributed by atoms with van der Waals surface area (Å²) >= 11 is 0. The van der Waals surface area contributed by atoms with E-state index in [0.717, 1.165) is 5.56 Å². The van der Waals surface area contributed by atoms with Gasteiger partial charge < -0.3 is 4.74 Å². The van der Waals surface area contributed by atoms with Crippen molar-refractivity contribution in [3.8, 4) is 5.75 Å². The molecule has 2 aromatic carbocycles. The van der Waals surface area contributed by atoms with Gasteiger partial charge in [0.05, 0.1) is 13.7 Å². The number of ketones is 1. The third-order valence-corrected chi connectivity index (χ3v) is 3.72. The van der Waals surface area contributed by atoms with Gasteiger partial charge in [0, 0.05) is 11.5 Å². The number of azo groups is 1. The predicted octanol–water partition coefficient (Wildman–Crippen LogP) is 3.50. The summed E-state index contributed by atoms with van der Waals surface area (Å²) in [5, 5.41) is 8.24. The van der Waals surface area contributed by atoms with Crippen LogP contribution in [0.4, 0.5) is 0 Å². The van der Waals surface area contributed by atoms with Crippen molar-refractivity contribution in [1.29, 1.82) is 0 Å². The van der Waals surface area contributed by atoms with E-state index in [9.17, 15) is 4.79 Å². The molecule has 1 heterocycles. The molecule has 0 radical (unpaired) electrons. The molecule has 0 unspecified atom stereocenters. The lowest BCUT2D eigenvalue weighted by atomic mass is 9.88. The number of hydrogen-bond acceptors (Lipinski definition) is 4. The zero-order valence-electron chi connectivity index (χ0n) is 11.8. The zero-order valence-corrected chi connectivity index (χ0v) is 11.8. The van der Waals surface area contributed by atoms with Crippen LogP contribution in [-0.2, 0) is 0 Å². The number of nitrogens with zero attached hydrogens (tertiary/aromatic N) is 2. The third-order valence-electron chi connectivity index (χ3n) is 3.72. The van der Waals surface area contributed by atoms with E-state index < -0.39 is 6.04 Å². The van der Waals surface area contributed by atoms with Crippen LogP contribution in [0.15, 0.2) is 64.8 Å². The van der Waals surface area contributed by atoms with Crippen LogP contribution >= 0.6 is 0 Å². The second-order valence-corrected chi connectivity index (χ2v) is 5.00. The Morgan fingerprint density at radius 2 is 1.95 bits per heavy atom. The van der Waals surface area contributed by atoms with E-state index in [1.807, 2.05) is 42.5 Å². The smallest absolute Gasteiger partial charge is 0.190 e. The first kappa shape index (κ1) is 13.5. The highest BCUT2D eigenvalue weighted by atomic mass is 16.5. The Labute approximate surface area is 123 Å². The first-order chi connectivity index (χ1) is 10.3. The van der Waals surface area contributed by atoms with Gasteiger partial charge in [0.15, 0.2) is 5.78 Å². The van der Waals surface area contributed by atoms with Crippen molar-refractivity contribution in [2.75, 3.05) is 13.7 Å². The fourth-order valence-electron chi connectivity index (χ4n) is 2.57. The second kappa shape index (κ2) is 5.87. The summed E-state index contributed by atoms with van der Waals surface area (Å²) in [6, 6.07) is 16.7. The van der Waals surface area contributed by atoms with Crippen LogP contribution in [0.1, 0.15) is 21.8 Å². The maximum atomic E-state index is 12.7. The maximum absolute atomic E-state index is 12.7.